The zero-order valence-electron chi connectivity index (χ0n) is 13.1. The van der Waals surface area contributed by atoms with E-state index in [-0.39, 0.29) is 0 Å². The third-order valence-corrected chi connectivity index (χ3v) is 4.76. The van der Waals surface area contributed by atoms with Crippen molar-refractivity contribution in [2.45, 2.75) is 13.8 Å². The number of rotatable bonds is 3. The van der Waals surface area contributed by atoms with Crippen LogP contribution in [-0.2, 0) is 0 Å². The van der Waals surface area contributed by atoms with Crippen molar-refractivity contribution in [2.24, 2.45) is 0 Å². The van der Waals surface area contributed by atoms with Gasteiger partial charge in [-0.3, -0.25) is 0 Å². The molecule has 2 heterocycles. The van der Waals surface area contributed by atoms with Gasteiger partial charge in [-0.25, -0.2) is 4.98 Å². The molecule has 0 spiro atoms. The van der Waals surface area contributed by atoms with E-state index in [4.69, 9.17) is 4.98 Å². The Morgan fingerprint density at radius 3 is 2.87 bits per heavy atom. The zero-order valence-corrected chi connectivity index (χ0v) is 13.9. The van der Waals surface area contributed by atoms with Crippen LogP contribution in [0.2, 0.25) is 0 Å². The van der Waals surface area contributed by atoms with E-state index in [1.54, 1.807) is 11.3 Å². The number of aromatic nitrogens is 2. The Labute approximate surface area is 139 Å². The monoisotopic (exact) mass is 319 g/mol. The number of thiazole rings is 1. The Morgan fingerprint density at radius 1 is 1.09 bits per heavy atom. The molecule has 114 valence electrons. The summed E-state index contributed by atoms with van der Waals surface area (Å²) in [6, 6.07) is 14.7. The van der Waals surface area contributed by atoms with Crippen LogP contribution in [0.5, 0.6) is 0 Å². The molecule has 2 aromatic carbocycles. The Hall–Kier alpha value is -2.59. The molecule has 3 nitrogen and oxygen atoms in total. The standard InChI is InChI=1S/C19H17N3S/c1-12-7-8-13(2)17(9-12)21-19-22-18(11-23-19)15-10-20-16-6-4-3-5-14(15)16/h3-11,20H,1-2H3,(H,21,22). The number of aryl methyl sites for hydroxylation is 2. The second-order valence-corrected chi connectivity index (χ2v) is 6.59. The third kappa shape index (κ3) is 2.62. The van der Waals surface area contributed by atoms with Crippen molar-refractivity contribution in [1.82, 2.24) is 9.97 Å². The highest BCUT2D eigenvalue weighted by molar-refractivity contribution is 7.14. The molecule has 0 radical (unpaired) electrons. The minimum atomic E-state index is 0.916. The largest absolute Gasteiger partial charge is 0.360 e. The summed E-state index contributed by atoms with van der Waals surface area (Å²) in [5.41, 5.74) is 6.86. The van der Waals surface area contributed by atoms with Crippen LogP contribution in [0.25, 0.3) is 22.2 Å². The van der Waals surface area contributed by atoms with Crippen molar-refractivity contribution in [3.8, 4) is 11.3 Å². The van der Waals surface area contributed by atoms with E-state index in [0.717, 1.165) is 27.6 Å². The number of hydrogen-bond acceptors (Lipinski definition) is 3. The Balaban J connectivity index is 1.68. The quantitative estimate of drug-likeness (QED) is 0.512. The van der Waals surface area contributed by atoms with Gasteiger partial charge >= 0.3 is 0 Å². The molecule has 0 saturated carbocycles. The molecule has 0 aliphatic heterocycles. The predicted octanol–water partition coefficient (Wildman–Crippen LogP) is 5.65. The number of aromatic amines is 1. The summed E-state index contributed by atoms with van der Waals surface area (Å²) >= 11 is 1.63. The van der Waals surface area contributed by atoms with Crippen molar-refractivity contribution in [3.63, 3.8) is 0 Å². The first-order chi connectivity index (χ1) is 11.2. The SMILES string of the molecule is Cc1ccc(C)c(Nc2nc(-c3c[nH]c4ccccc34)cs2)c1. The van der Waals surface area contributed by atoms with Crippen LogP contribution in [0, 0.1) is 13.8 Å². The summed E-state index contributed by atoms with van der Waals surface area (Å²) in [4.78, 5) is 8.06. The van der Waals surface area contributed by atoms with E-state index >= 15 is 0 Å². The molecule has 0 aliphatic rings. The molecule has 2 aromatic heterocycles. The number of benzene rings is 2. The van der Waals surface area contributed by atoms with Gasteiger partial charge in [0, 0.05) is 33.7 Å². The maximum absolute atomic E-state index is 4.76. The predicted molar refractivity (Wildman–Crippen MR) is 98.6 cm³/mol. The van der Waals surface area contributed by atoms with Gasteiger partial charge in [0.25, 0.3) is 0 Å². The molecular weight excluding hydrogens is 302 g/mol. The van der Waals surface area contributed by atoms with Gasteiger partial charge in [-0.15, -0.1) is 11.3 Å². The molecule has 4 rings (SSSR count). The van der Waals surface area contributed by atoms with E-state index in [0.29, 0.717) is 0 Å². The molecule has 2 N–H and O–H groups in total. The molecule has 0 aliphatic carbocycles. The highest BCUT2D eigenvalue weighted by atomic mass is 32.1. The number of anilines is 2. The molecule has 0 atom stereocenters. The molecule has 4 aromatic rings. The van der Waals surface area contributed by atoms with Gasteiger partial charge in [0.15, 0.2) is 5.13 Å². The van der Waals surface area contributed by atoms with Gasteiger partial charge in [0.1, 0.15) is 0 Å². The molecule has 0 fully saturated rings. The van der Waals surface area contributed by atoms with Crippen molar-refractivity contribution < 1.29 is 0 Å². The molecular formula is C19H17N3S. The van der Waals surface area contributed by atoms with Gasteiger partial charge in [-0.2, -0.15) is 0 Å². The third-order valence-electron chi connectivity index (χ3n) is 4.00. The van der Waals surface area contributed by atoms with E-state index in [9.17, 15) is 0 Å². The molecule has 23 heavy (non-hydrogen) atoms. The maximum atomic E-state index is 4.76. The van der Waals surface area contributed by atoms with Crippen LogP contribution in [0.1, 0.15) is 11.1 Å². The van der Waals surface area contributed by atoms with Crippen molar-refractivity contribution in [3.05, 3.63) is 65.2 Å². The van der Waals surface area contributed by atoms with Gasteiger partial charge in [-0.1, -0.05) is 30.3 Å². The Bertz CT molecular complexity index is 981. The lowest BCUT2D eigenvalue weighted by atomic mass is 10.1. The fraction of sp³-hybridized carbons (Fsp3) is 0.105. The fourth-order valence-electron chi connectivity index (χ4n) is 2.72. The van der Waals surface area contributed by atoms with Crippen molar-refractivity contribution in [1.29, 1.82) is 0 Å². The van der Waals surface area contributed by atoms with Crippen LogP contribution >= 0.6 is 11.3 Å². The van der Waals surface area contributed by atoms with E-state index < -0.39 is 0 Å². The molecule has 4 heteroatoms. The second-order valence-electron chi connectivity index (χ2n) is 5.73. The fourth-order valence-corrected chi connectivity index (χ4v) is 3.45. The molecule has 0 bridgehead atoms. The van der Waals surface area contributed by atoms with Crippen LogP contribution in [0.15, 0.2) is 54.0 Å². The second kappa shape index (κ2) is 5.56. The first-order valence-corrected chi connectivity index (χ1v) is 8.45. The minimum absolute atomic E-state index is 0.916. The normalized spacial score (nSPS) is 11.0. The molecule has 0 saturated heterocycles. The topological polar surface area (TPSA) is 40.7 Å². The number of H-pyrrole nitrogens is 1. The van der Waals surface area contributed by atoms with Gasteiger partial charge < -0.3 is 10.3 Å². The Kier molecular flexibility index (Phi) is 3.39. The van der Waals surface area contributed by atoms with E-state index in [2.05, 4.69) is 65.9 Å². The van der Waals surface area contributed by atoms with Gasteiger partial charge in [-0.05, 0) is 37.1 Å². The lowest BCUT2D eigenvalue weighted by molar-refractivity contribution is 1.34. The Morgan fingerprint density at radius 2 is 1.96 bits per heavy atom. The average molecular weight is 319 g/mol. The number of hydrogen-bond donors (Lipinski definition) is 2. The summed E-state index contributed by atoms with van der Waals surface area (Å²) in [6.45, 7) is 4.21. The van der Waals surface area contributed by atoms with E-state index in [1.807, 2.05) is 12.3 Å². The summed E-state index contributed by atoms with van der Waals surface area (Å²) in [5, 5.41) is 7.66. The first kappa shape index (κ1) is 14.0. The number of para-hydroxylation sites is 1. The molecule has 0 amide bonds. The van der Waals surface area contributed by atoms with Crippen molar-refractivity contribution in [2.75, 3.05) is 5.32 Å². The average Bonchev–Trinajstić information content (AvgIpc) is 3.17. The highest BCUT2D eigenvalue weighted by Crippen LogP contribution is 2.32. The first-order valence-electron chi connectivity index (χ1n) is 7.57. The summed E-state index contributed by atoms with van der Waals surface area (Å²) in [6.07, 6.45) is 2.03. The minimum Gasteiger partial charge on any atom is -0.360 e. The summed E-state index contributed by atoms with van der Waals surface area (Å²) < 4.78 is 0. The lowest BCUT2D eigenvalue weighted by Gasteiger charge is -2.07. The van der Waals surface area contributed by atoms with E-state index in [1.165, 1.54) is 16.5 Å². The number of fused-ring (bicyclic) bond motifs is 1. The smallest absolute Gasteiger partial charge is 0.187 e. The van der Waals surface area contributed by atoms with Crippen LogP contribution in [0.3, 0.4) is 0 Å². The zero-order chi connectivity index (χ0) is 15.8. The maximum Gasteiger partial charge on any atom is 0.187 e. The van der Waals surface area contributed by atoms with Gasteiger partial charge in [0.05, 0.1) is 5.69 Å². The number of nitrogens with one attached hydrogen (secondary N) is 2. The van der Waals surface area contributed by atoms with Crippen LogP contribution in [-0.4, -0.2) is 9.97 Å². The summed E-state index contributed by atoms with van der Waals surface area (Å²) in [7, 11) is 0. The molecule has 0 unspecified atom stereocenters. The number of nitrogens with zero attached hydrogens (tertiary/aromatic N) is 1. The highest BCUT2D eigenvalue weighted by Gasteiger charge is 2.10. The van der Waals surface area contributed by atoms with Gasteiger partial charge in [0.2, 0.25) is 0 Å². The lowest BCUT2D eigenvalue weighted by Crippen LogP contribution is -1.93. The van der Waals surface area contributed by atoms with Crippen LogP contribution in [0.4, 0.5) is 10.8 Å². The van der Waals surface area contributed by atoms with Crippen LogP contribution < -0.4 is 5.32 Å². The summed E-state index contributed by atoms with van der Waals surface area (Å²) in [5.74, 6) is 0. The van der Waals surface area contributed by atoms with Crippen molar-refractivity contribution >= 4 is 33.1 Å².